The molecule has 0 saturated carbocycles. The number of para-hydroxylation sites is 1. The van der Waals surface area contributed by atoms with E-state index in [0.717, 1.165) is 30.6 Å². The zero-order valence-electron chi connectivity index (χ0n) is 11.5. The Morgan fingerprint density at radius 3 is 2.40 bits per heavy atom. The van der Waals surface area contributed by atoms with Gasteiger partial charge in [-0.05, 0) is 36.7 Å². The van der Waals surface area contributed by atoms with Crippen LogP contribution in [0, 0.1) is 10.1 Å². The minimum absolute atomic E-state index is 0.156. The average Bonchev–Trinajstić information content (AvgIpc) is 2.48. The number of nitrogens with one attached hydrogen (secondary N) is 1. The van der Waals surface area contributed by atoms with E-state index in [1.54, 1.807) is 12.1 Å². The van der Waals surface area contributed by atoms with Gasteiger partial charge in [-0.2, -0.15) is 0 Å². The number of nitrogens with zero attached hydrogens (tertiary/aromatic N) is 1. The van der Waals surface area contributed by atoms with Crippen molar-refractivity contribution in [1.29, 1.82) is 0 Å². The van der Waals surface area contributed by atoms with Gasteiger partial charge in [-0.25, -0.2) is 0 Å². The summed E-state index contributed by atoms with van der Waals surface area (Å²) in [5.74, 6) is 0. The second-order valence-corrected chi connectivity index (χ2v) is 4.53. The fourth-order valence-electron chi connectivity index (χ4n) is 2.26. The van der Waals surface area contributed by atoms with Crippen LogP contribution in [-0.4, -0.2) is 18.0 Å². The molecular weight excluding hydrogens is 252 g/mol. The molecule has 0 spiro atoms. The van der Waals surface area contributed by atoms with Crippen LogP contribution in [0.25, 0.3) is 11.1 Å². The highest BCUT2D eigenvalue weighted by Gasteiger charge is 2.16. The molecule has 2 aromatic rings. The molecular formula is C16H18N2O2. The summed E-state index contributed by atoms with van der Waals surface area (Å²) in [6.45, 7) is 3.86. The Kier molecular flexibility index (Phi) is 4.85. The molecule has 4 heteroatoms. The molecule has 0 unspecified atom stereocenters. The molecule has 0 heterocycles. The number of likely N-dealkylation sites (N-methyl/N-ethyl adjacent to an activating group) is 1. The highest BCUT2D eigenvalue weighted by molar-refractivity contribution is 5.76. The summed E-state index contributed by atoms with van der Waals surface area (Å²) >= 11 is 0. The van der Waals surface area contributed by atoms with E-state index in [1.165, 1.54) is 0 Å². The summed E-state index contributed by atoms with van der Waals surface area (Å²) < 4.78 is 0. The summed E-state index contributed by atoms with van der Waals surface area (Å²) in [7, 11) is 0. The van der Waals surface area contributed by atoms with Gasteiger partial charge in [0, 0.05) is 6.07 Å². The van der Waals surface area contributed by atoms with Gasteiger partial charge >= 0.3 is 0 Å². The summed E-state index contributed by atoms with van der Waals surface area (Å²) in [6, 6.07) is 14.8. The van der Waals surface area contributed by atoms with Crippen LogP contribution in [0.5, 0.6) is 0 Å². The Morgan fingerprint density at radius 2 is 1.70 bits per heavy atom. The van der Waals surface area contributed by atoms with Gasteiger partial charge < -0.3 is 5.32 Å². The molecule has 2 rings (SSSR count). The van der Waals surface area contributed by atoms with Gasteiger partial charge in [-0.1, -0.05) is 43.3 Å². The van der Waals surface area contributed by atoms with E-state index in [4.69, 9.17) is 0 Å². The van der Waals surface area contributed by atoms with E-state index in [9.17, 15) is 10.1 Å². The summed E-state index contributed by atoms with van der Waals surface area (Å²) in [5, 5.41) is 14.4. The van der Waals surface area contributed by atoms with Gasteiger partial charge in [0.2, 0.25) is 0 Å². The predicted octanol–water partition coefficient (Wildman–Crippen LogP) is 3.41. The molecule has 0 saturated heterocycles. The molecule has 2 aromatic carbocycles. The quantitative estimate of drug-likeness (QED) is 0.497. The third-order valence-electron chi connectivity index (χ3n) is 3.23. The van der Waals surface area contributed by atoms with E-state index in [0.29, 0.717) is 5.56 Å². The van der Waals surface area contributed by atoms with Gasteiger partial charge in [0.05, 0.1) is 10.5 Å². The van der Waals surface area contributed by atoms with Crippen molar-refractivity contribution in [2.24, 2.45) is 0 Å². The molecule has 0 aromatic heterocycles. The van der Waals surface area contributed by atoms with Gasteiger partial charge in [-0.15, -0.1) is 0 Å². The molecule has 0 atom stereocenters. The van der Waals surface area contributed by atoms with Crippen LogP contribution >= 0.6 is 0 Å². The van der Waals surface area contributed by atoms with Crippen molar-refractivity contribution in [2.45, 2.75) is 13.3 Å². The van der Waals surface area contributed by atoms with Crippen molar-refractivity contribution in [2.75, 3.05) is 13.1 Å². The Balaban J connectivity index is 2.40. The molecule has 0 radical (unpaired) electrons. The van der Waals surface area contributed by atoms with Crippen molar-refractivity contribution >= 4 is 5.69 Å². The van der Waals surface area contributed by atoms with Crippen LogP contribution in [0.15, 0.2) is 48.5 Å². The van der Waals surface area contributed by atoms with Gasteiger partial charge in [0.1, 0.15) is 0 Å². The van der Waals surface area contributed by atoms with Crippen LogP contribution in [0.3, 0.4) is 0 Å². The Morgan fingerprint density at radius 1 is 1.05 bits per heavy atom. The van der Waals surface area contributed by atoms with Crippen LogP contribution in [0.2, 0.25) is 0 Å². The maximum absolute atomic E-state index is 11.2. The van der Waals surface area contributed by atoms with E-state index in [-0.39, 0.29) is 10.6 Å². The zero-order valence-corrected chi connectivity index (χ0v) is 11.5. The van der Waals surface area contributed by atoms with Crippen molar-refractivity contribution in [3.8, 4) is 11.1 Å². The maximum Gasteiger partial charge on any atom is 0.277 e. The average molecular weight is 270 g/mol. The molecule has 0 amide bonds. The van der Waals surface area contributed by atoms with Crippen LogP contribution in [0.4, 0.5) is 5.69 Å². The largest absolute Gasteiger partial charge is 0.317 e. The normalized spacial score (nSPS) is 10.4. The second kappa shape index (κ2) is 6.82. The molecule has 0 fully saturated rings. The molecule has 0 aliphatic heterocycles. The van der Waals surface area contributed by atoms with Gasteiger partial charge in [0.25, 0.3) is 5.69 Å². The summed E-state index contributed by atoms with van der Waals surface area (Å²) in [6.07, 6.45) is 0.857. The van der Waals surface area contributed by atoms with Crippen molar-refractivity contribution in [3.63, 3.8) is 0 Å². The SMILES string of the molecule is CCNCCc1ccccc1-c1ccccc1[N+](=O)[O-]. The standard InChI is InChI=1S/C16H18N2O2/c1-2-17-12-11-13-7-3-4-8-14(13)15-9-5-6-10-16(15)18(19)20/h3-10,17H,2,11-12H2,1H3. The first kappa shape index (κ1) is 14.2. The van der Waals surface area contributed by atoms with Crippen LogP contribution in [-0.2, 0) is 6.42 Å². The minimum atomic E-state index is -0.323. The number of hydrogen-bond acceptors (Lipinski definition) is 3. The fourth-order valence-corrected chi connectivity index (χ4v) is 2.26. The summed E-state index contributed by atoms with van der Waals surface area (Å²) in [4.78, 5) is 10.8. The number of benzene rings is 2. The topological polar surface area (TPSA) is 55.2 Å². The lowest BCUT2D eigenvalue weighted by Crippen LogP contribution is -2.16. The van der Waals surface area contributed by atoms with Gasteiger partial charge in [-0.3, -0.25) is 10.1 Å². The van der Waals surface area contributed by atoms with E-state index in [1.807, 2.05) is 36.4 Å². The van der Waals surface area contributed by atoms with Crippen molar-refractivity contribution in [3.05, 3.63) is 64.2 Å². The highest BCUT2D eigenvalue weighted by atomic mass is 16.6. The third-order valence-corrected chi connectivity index (χ3v) is 3.23. The Bertz CT molecular complexity index is 597. The lowest BCUT2D eigenvalue weighted by molar-refractivity contribution is -0.384. The Hall–Kier alpha value is -2.20. The first-order chi connectivity index (χ1) is 9.74. The van der Waals surface area contributed by atoms with E-state index < -0.39 is 0 Å². The molecule has 1 N–H and O–H groups in total. The van der Waals surface area contributed by atoms with Crippen LogP contribution < -0.4 is 5.32 Å². The maximum atomic E-state index is 11.2. The first-order valence-electron chi connectivity index (χ1n) is 6.76. The summed E-state index contributed by atoms with van der Waals surface area (Å²) in [5.41, 5.74) is 2.91. The number of hydrogen-bond donors (Lipinski definition) is 1. The number of rotatable bonds is 6. The molecule has 0 bridgehead atoms. The lowest BCUT2D eigenvalue weighted by Gasteiger charge is -2.10. The third kappa shape index (κ3) is 3.22. The highest BCUT2D eigenvalue weighted by Crippen LogP contribution is 2.31. The smallest absolute Gasteiger partial charge is 0.277 e. The lowest BCUT2D eigenvalue weighted by atomic mass is 9.96. The molecule has 4 nitrogen and oxygen atoms in total. The van der Waals surface area contributed by atoms with Gasteiger partial charge in [0.15, 0.2) is 0 Å². The molecule has 0 aliphatic rings. The minimum Gasteiger partial charge on any atom is -0.317 e. The molecule has 0 aliphatic carbocycles. The fraction of sp³-hybridized carbons (Fsp3) is 0.250. The zero-order chi connectivity index (χ0) is 14.4. The predicted molar refractivity (Wildman–Crippen MR) is 80.8 cm³/mol. The van der Waals surface area contributed by atoms with Crippen LogP contribution in [0.1, 0.15) is 12.5 Å². The number of nitro benzene ring substituents is 1. The second-order valence-electron chi connectivity index (χ2n) is 4.53. The Labute approximate surface area is 118 Å². The van der Waals surface area contributed by atoms with E-state index in [2.05, 4.69) is 12.2 Å². The van der Waals surface area contributed by atoms with E-state index >= 15 is 0 Å². The molecule has 20 heavy (non-hydrogen) atoms. The number of nitro groups is 1. The van der Waals surface area contributed by atoms with Crippen molar-refractivity contribution in [1.82, 2.24) is 5.32 Å². The first-order valence-corrected chi connectivity index (χ1v) is 6.76. The molecule has 104 valence electrons. The monoisotopic (exact) mass is 270 g/mol. The van der Waals surface area contributed by atoms with Crippen molar-refractivity contribution < 1.29 is 4.92 Å².